The summed E-state index contributed by atoms with van der Waals surface area (Å²) in [6.07, 6.45) is 11.1. The number of fused-ring (bicyclic) bond motifs is 1. The fourth-order valence-corrected chi connectivity index (χ4v) is 2.84. The molecule has 0 aliphatic heterocycles. The van der Waals surface area contributed by atoms with Crippen molar-refractivity contribution in [3.8, 4) is 0 Å². The molecule has 0 radical (unpaired) electrons. The fourth-order valence-electron chi connectivity index (χ4n) is 2.84. The Morgan fingerprint density at radius 3 is 2.62 bits per heavy atom. The van der Waals surface area contributed by atoms with Gasteiger partial charge in [0.25, 0.3) is 0 Å². The van der Waals surface area contributed by atoms with Gasteiger partial charge >= 0.3 is 0 Å². The van der Waals surface area contributed by atoms with Crippen molar-refractivity contribution in [1.82, 2.24) is 4.98 Å². The zero-order valence-electron chi connectivity index (χ0n) is 10.6. The first-order valence-corrected chi connectivity index (χ1v) is 6.82. The molecule has 2 rings (SSSR count). The summed E-state index contributed by atoms with van der Waals surface area (Å²) in [7, 11) is 0. The lowest BCUT2D eigenvalue weighted by Gasteiger charge is -2.16. The third-order valence-electron chi connectivity index (χ3n) is 3.69. The molecule has 0 saturated heterocycles. The highest BCUT2D eigenvalue weighted by Gasteiger charge is 2.16. The maximum Gasteiger partial charge on any atom is 0.0435 e. The van der Waals surface area contributed by atoms with Gasteiger partial charge in [0.15, 0.2) is 0 Å². The van der Waals surface area contributed by atoms with Crippen LogP contribution in [0.4, 0.5) is 0 Å². The molecule has 1 aromatic heterocycles. The van der Waals surface area contributed by atoms with Gasteiger partial charge in [-0.05, 0) is 49.1 Å². The van der Waals surface area contributed by atoms with Gasteiger partial charge in [0.05, 0.1) is 0 Å². The Labute approximate surface area is 99.3 Å². The van der Waals surface area contributed by atoms with E-state index in [0.717, 1.165) is 5.92 Å². The molecule has 0 aromatic carbocycles. The Hall–Kier alpha value is -0.850. The summed E-state index contributed by atoms with van der Waals surface area (Å²) in [5, 5.41) is 0. The van der Waals surface area contributed by atoms with Crippen molar-refractivity contribution in [2.24, 2.45) is 0 Å². The summed E-state index contributed by atoms with van der Waals surface area (Å²) < 4.78 is 0. The fraction of sp³-hybridized carbons (Fsp3) is 0.667. The standard InChI is InChI=1S/C15H23N/c1-3-6-12(7-4-2)14-10-13-8-5-9-15(13)16-11-14/h10-12H,3-9H2,1-2H3. The average molecular weight is 217 g/mol. The van der Waals surface area contributed by atoms with Crippen LogP contribution >= 0.6 is 0 Å². The first-order chi connectivity index (χ1) is 7.85. The number of rotatable bonds is 5. The Balaban J connectivity index is 2.17. The lowest BCUT2D eigenvalue weighted by atomic mass is 9.90. The van der Waals surface area contributed by atoms with Gasteiger partial charge in [0.1, 0.15) is 0 Å². The highest BCUT2D eigenvalue weighted by atomic mass is 14.7. The van der Waals surface area contributed by atoms with Gasteiger partial charge in [-0.15, -0.1) is 0 Å². The molecule has 1 aliphatic carbocycles. The van der Waals surface area contributed by atoms with Gasteiger partial charge in [-0.1, -0.05) is 32.8 Å². The molecule has 0 spiro atoms. The molecule has 0 bridgehead atoms. The summed E-state index contributed by atoms with van der Waals surface area (Å²) in [5.41, 5.74) is 4.37. The molecule has 1 aromatic rings. The van der Waals surface area contributed by atoms with E-state index in [4.69, 9.17) is 0 Å². The zero-order chi connectivity index (χ0) is 11.4. The molecular weight excluding hydrogens is 194 g/mol. The summed E-state index contributed by atoms with van der Waals surface area (Å²) in [6, 6.07) is 2.44. The van der Waals surface area contributed by atoms with E-state index < -0.39 is 0 Å². The lowest BCUT2D eigenvalue weighted by Crippen LogP contribution is -2.01. The predicted octanol–water partition coefficient (Wildman–Crippen LogP) is 4.25. The van der Waals surface area contributed by atoms with Crippen LogP contribution in [0.25, 0.3) is 0 Å². The van der Waals surface area contributed by atoms with Crippen LogP contribution in [-0.4, -0.2) is 4.98 Å². The van der Waals surface area contributed by atoms with Crippen molar-refractivity contribution < 1.29 is 0 Å². The number of aromatic nitrogens is 1. The van der Waals surface area contributed by atoms with E-state index in [9.17, 15) is 0 Å². The van der Waals surface area contributed by atoms with Crippen LogP contribution in [0.1, 0.15) is 68.7 Å². The molecule has 0 amide bonds. The number of nitrogens with zero attached hydrogens (tertiary/aromatic N) is 1. The number of aryl methyl sites for hydroxylation is 2. The molecule has 0 N–H and O–H groups in total. The van der Waals surface area contributed by atoms with Crippen molar-refractivity contribution in [1.29, 1.82) is 0 Å². The minimum Gasteiger partial charge on any atom is -0.261 e. The SMILES string of the molecule is CCCC(CCC)c1cnc2c(c1)CCC2. The minimum absolute atomic E-state index is 0.744. The van der Waals surface area contributed by atoms with E-state index in [2.05, 4.69) is 31.1 Å². The Morgan fingerprint density at radius 2 is 1.94 bits per heavy atom. The van der Waals surface area contributed by atoms with Crippen LogP contribution in [-0.2, 0) is 12.8 Å². The molecule has 1 nitrogen and oxygen atoms in total. The first kappa shape index (κ1) is 11.6. The summed E-state index contributed by atoms with van der Waals surface area (Å²) >= 11 is 0. The van der Waals surface area contributed by atoms with Gasteiger partial charge in [0.2, 0.25) is 0 Å². The zero-order valence-corrected chi connectivity index (χ0v) is 10.6. The predicted molar refractivity (Wildman–Crippen MR) is 68.8 cm³/mol. The number of hydrogen-bond acceptors (Lipinski definition) is 1. The van der Waals surface area contributed by atoms with Gasteiger partial charge in [-0.2, -0.15) is 0 Å². The van der Waals surface area contributed by atoms with Crippen LogP contribution < -0.4 is 0 Å². The van der Waals surface area contributed by atoms with Crippen molar-refractivity contribution in [2.75, 3.05) is 0 Å². The number of hydrogen-bond donors (Lipinski definition) is 0. The molecular formula is C15H23N. The molecule has 88 valence electrons. The summed E-state index contributed by atoms with van der Waals surface area (Å²) in [4.78, 5) is 4.64. The molecule has 0 atom stereocenters. The molecule has 0 fully saturated rings. The third-order valence-corrected chi connectivity index (χ3v) is 3.69. The Bertz CT molecular complexity index is 337. The monoisotopic (exact) mass is 217 g/mol. The van der Waals surface area contributed by atoms with Crippen LogP contribution in [0.2, 0.25) is 0 Å². The maximum absolute atomic E-state index is 4.64. The molecule has 0 unspecified atom stereocenters. The van der Waals surface area contributed by atoms with Crippen molar-refractivity contribution in [2.45, 2.75) is 64.7 Å². The van der Waals surface area contributed by atoms with E-state index in [1.54, 1.807) is 0 Å². The first-order valence-electron chi connectivity index (χ1n) is 6.82. The lowest BCUT2D eigenvalue weighted by molar-refractivity contribution is 0.558. The van der Waals surface area contributed by atoms with Crippen molar-refractivity contribution in [3.05, 3.63) is 29.1 Å². The van der Waals surface area contributed by atoms with Crippen LogP contribution in [0, 0.1) is 0 Å². The molecule has 16 heavy (non-hydrogen) atoms. The second kappa shape index (κ2) is 5.47. The molecule has 0 saturated carbocycles. The average Bonchev–Trinajstić information content (AvgIpc) is 2.75. The minimum atomic E-state index is 0.744. The van der Waals surface area contributed by atoms with Crippen LogP contribution in [0.5, 0.6) is 0 Å². The van der Waals surface area contributed by atoms with E-state index >= 15 is 0 Å². The Morgan fingerprint density at radius 1 is 1.19 bits per heavy atom. The van der Waals surface area contributed by atoms with E-state index in [0.29, 0.717) is 0 Å². The van der Waals surface area contributed by atoms with E-state index in [1.165, 1.54) is 61.8 Å². The second-order valence-corrected chi connectivity index (χ2v) is 5.00. The highest BCUT2D eigenvalue weighted by molar-refractivity contribution is 5.30. The maximum atomic E-state index is 4.64. The Kier molecular flexibility index (Phi) is 3.98. The molecule has 1 heteroatoms. The van der Waals surface area contributed by atoms with Gasteiger partial charge in [0, 0.05) is 11.9 Å². The highest BCUT2D eigenvalue weighted by Crippen LogP contribution is 2.29. The van der Waals surface area contributed by atoms with Crippen LogP contribution in [0.15, 0.2) is 12.3 Å². The third kappa shape index (κ3) is 2.45. The van der Waals surface area contributed by atoms with E-state index in [1.807, 2.05) is 0 Å². The van der Waals surface area contributed by atoms with Gasteiger partial charge in [-0.25, -0.2) is 0 Å². The van der Waals surface area contributed by atoms with Crippen molar-refractivity contribution in [3.63, 3.8) is 0 Å². The topological polar surface area (TPSA) is 12.9 Å². The van der Waals surface area contributed by atoms with Gasteiger partial charge < -0.3 is 0 Å². The quantitative estimate of drug-likeness (QED) is 0.718. The van der Waals surface area contributed by atoms with E-state index in [-0.39, 0.29) is 0 Å². The second-order valence-electron chi connectivity index (χ2n) is 5.00. The summed E-state index contributed by atoms with van der Waals surface area (Å²) in [6.45, 7) is 4.56. The number of pyridine rings is 1. The normalized spacial score (nSPS) is 14.4. The summed E-state index contributed by atoms with van der Waals surface area (Å²) in [5.74, 6) is 0.744. The van der Waals surface area contributed by atoms with Gasteiger partial charge in [-0.3, -0.25) is 4.98 Å². The molecule has 1 aliphatic rings. The largest absolute Gasteiger partial charge is 0.261 e. The smallest absolute Gasteiger partial charge is 0.0435 e. The van der Waals surface area contributed by atoms with Crippen LogP contribution in [0.3, 0.4) is 0 Å². The molecule has 1 heterocycles. The van der Waals surface area contributed by atoms with Crippen molar-refractivity contribution >= 4 is 0 Å².